The lowest BCUT2D eigenvalue weighted by molar-refractivity contribution is -0.113. The van der Waals surface area contributed by atoms with Crippen LogP contribution in [0.25, 0.3) is 0 Å². The zero-order valence-electron chi connectivity index (χ0n) is 20.1. The van der Waals surface area contributed by atoms with E-state index in [0.29, 0.717) is 22.3 Å². The standard InChI is InChI=1S/C25H29N5O4S/c1-32-19-6-4-18(5-7-19)29-12-14-30(15-13-29)23-10-11-26-25(28-23)35-17-24(31)27-21-16-20(33-2)8-9-22(21)34-3/h4-11,16H,12-15,17H2,1-3H3,(H,27,31). The molecule has 2 heterocycles. The number of hydrogen-bond donors (Lipinski definition) is 1. The van der Waals surface area contributed by atoms with Gasteiger partial charge in [0.2, 0.25) is 5.91 Å². The molecule has 1 amide bonds. The Morgan fingerprint density at radius 2 is 1.60 bits per heavy atom. The van der Waals surface area contributed by atoms with Crippen LogP contribution in [0.2, 0.25) is 0 Å². The van der Waals surface area contributed by atoms with E-state index in [9.17, 15) is 4.79 Å². The number of amides is 1. The number of rotatable bonds is 9. The Labute approximate surface area is 209 Å². The van der Waals surface area contributed by atoms with E-state index in [-0.39, 0.29) is 11.7 Å². The van der Waals surface area contributed by atoms with Crippen LogP contribution in [0.1, 0.15) is 0 Å². The van der Waals surface area contributed by atoms with Crippen LogP contribution in [-0.4, -0.2) is 69.1 Å². The van der Waals surface area contributed by atoms with Crippen molar-refractivity contribution in [2.45, 2.75) is 5.16 Å². The number of aromatic nitrogens is 2. The van der Waals surface area contributed by atoms with E-state index in [1.54, 1.807) is 45.7 Å². The Morgan fingerprint density at radius 3 is 2.29 bits per heavy atom. The second kappa shape index (κ2) is 11.7. The summed E-state index contributed by atoms with van der Waals surface area (Å²) in [6.07, 6.45) is 1.74. The van der Waals surface area contributed by atoms with Gasteiger partial charge in [-0.1, -0.05) is 11.8 Å². The van der Waals surface area contributed by atoms with Gasteiger partial charge in [0.1, 0.15) is 23.1 Å². The number of carbonyl (C=O) groups excluding carboxylic acids is 1. The first-order chi connectivity index (χ1) is 17.1. The number of hydrogen-bond acceptors (Lipinski definition) is 9. The normalized spacial score (nSPS) is 13.3. The van der Waals surface area contributed by atoms with Crippen LogP contribution in [0, 0.1) is 0 Å². The molecule has 0 radical (unpaired) electrons. The SMILES string of the molecule is COc1ccc(N2CCN(c3ccnc(SCC(=O)Nc4cc(OC)ccc4OC)n3)CC2)cc1. The topological polar surface area (TPSA) is 89.1 Å². The van der Waals surface area contributed by atoms with Crippen molar-refractivity contribution in [3.63, 3.8) is 0 Å². The van der Waals surface area contributed by atoms with Gasteiger partial charge in [0.05, 0.1) is 32.8 Å². The Bertz CT molecular complexity index is 1140. The Balaban J connectivity index is 1.31. The number of anilines is 3. The lowest BCUT2D eigenvalue weighted by Crippen LogP contribution is -2.46. The van der Waals surface area contributed by atoms with Gasteiger partial charge < -0.3 is 29.3 Å². The highest BCUT2D eigenvalue weighted by Crippen LogP contribution is 2.29. The minimum Gasteiger partial charge on any atom is -0.497 e. The molecule has 0 unspecified atom stereocenters. The Kier molecular flexibility index (Phi) is 8.15. The third-order valence-electron chi connectivity index (χ3n) is 5.67. The van der Waals surface area contributed by atoms with Gasteiger partial charge in [0.25, 0.3) is 0 Å². The summed E-state index contributed by atoms with van der Waals surface area (Å²) in [4.78, 5) is 26.1. The number of benzene rings is 2. The van der Waals surface area contributed by atoms with Gasteiger partial charge in [-0.2, -0.15) is 0 Å². The molecule has 1 saturated heterocycles. The van der Waals surface area contributed by atoms with Gasteiger partial charge in [-0.3, -0.25) is 4.79 Å². The number of nitrogens with zero attached hydrogens (tertiary/aromatic N) is 4. The molecule has 0 saturated carbocycles. The summed E-state index contributed by atoms with van der Waals surface area (Å²) in [6, 6.07) is 15.3. The predicted octanol–water partition coefficient (Wildman–Crippen LogP) is 3.56. The van der Waals surface area contributed by atoms with E-state index in [1.165, 1.54) is 17.4 Å². The number of nitrogens with one attached hydrogen (secondary N) is 1. The zero-order valence-corrected chi connectivity index (χ0v) is 20.9. The molecule has 1 fully saturated rings. The molecule has 4 rings (SSSR count). The highest BCUT2D eigenvalue weighted by atomic mass is 32.2. The van der Waals surface area contributed by atoms with Gasteiger partial charge in [-0.25, -0.2) is 9.97 Å². The number of methoxy groups -OCH3 is 3. The van der Waals surface area contributed by atoms with Gasteiger partial charge >= 0.3 is 0 Å². The van der Waals surface area contributed by atoms with Crippen molar-refractivity contribution >= 4 is 34.9 Å². The van der Waals surface area contributed by atoms with Crippen LogP contribution in [0.15, 0.2) is 59.9 Å². The van der Waals surface area contributed by atoms with Crippen LogP contribution >= 0.6 is 11.8 Å². The molecule has 1 aromatic heterocycles. The van der Waals surface area contributed by atoms with E-state index in [2.05, 4.69) is 37.2 Å². The minimum absolute atomic E-state index is 0.176. The van der Waals surface area contributed by atoms with E-state index in [1.807, 2.05) is 18.2 Å². The number of carbonyl (C=O) groups is 1. The Morgan fingerprint density at radius 1 is 0.914 bits per heavy atom. The lowest BCUT2D eigenvalue weighted by atomic mass is 10.2. The molecule has 2 aromatic carbocycles. The number of thioether (sulfide) groups is 1. The van der Waals surface area contributed by atoms with Crippen molar-refractivity contribution in [3.05, 3.63) is 54.7 Å². The molecule has 1 N–H and O–H groups in total. The summed E-state index contributed by atoms with van der Waals surface area (Å²) in [5.74, 6) is 2.92. The number of piperazine rings is 1. The second-order valence-corrected chi connectivity index (χ2v) is 8.72. The fourth-order valence-electron chi connectivity index (χ4n) is 3.79. The molecular formula is C25H29N5O4S. The first-order valence-electron chi connectivity index (χ1n) is 11.2. The van der Waals surface area contributed by atoms with Crippen LogP contribution in [0.5, 0.6) is 17.2 Å². The smallest absolute Gasteiger partial charge is 0.234 e. The molecule has 9 nitrogen and oxygen atoms in total. The quantitative estimate of drug-likeness (QED) is 0.354. The molecule has 3 aromatic rings. The molecule has 1 aliphatic heterocycles. The van der Waals surface area contributed by atoms with Crippen LogP contribution < -0.4 is 29.3 Å². The van der Waals surface area contributed by atoms with Crippen molar-refractivity contribution in [1.29, 1.82) is 0 Å². The molecule has 35 heavy (non-hydrogen) atoms. The van der Waals surface area contributed by atoms with Gasteiger partial charge in [0.15, 0.2) is 5.16 Å². The maximum atomic E-state index is 12.5. The van der Waals surface area contributed by atoms with Gasteiger partial charge in [0, 0.05) is 44.1 Å². The molecular weight excluding hydrogens is 466 g/mol. The van der Waals surface area contributed by atoms with Crippen molar-refractivity contribution in [3.8, 4) is 17.2 Å². The van der Waals surface area contributed by atoms with Crippen LogP contribution in [0.4, 0.5) is 17.2 Å². The maximum Gasteiger partial charge on any atom is 0.234 e. The summed E-state index contributed by atoms with van der Waals surface area (Å²) < 4.78 is 15.8. The summed E-state index contributed by atoms with van der Waals surface area (Å²) in [5.41, 5.74) is 1.74. The minimum atomic E-state index is -0.177. The van der Waals surface area contributed by atoms with Crippen molar-refractivity contribution in [1.82, 2.24) is 9.97 Å². The number of ether oxygens (including phenoxy) is 3. The fraction of sp³-hybridized carbons (Fsp3) is 0.320. The molecule has 184 valence electrons. The monoisotopic (exact) mass is 495 g/mol. The lowest BCUT2D eigenvalue weighted by Gasteiger charge is -2.36. The highest BCUT2D eigenvalue weighted by Gasteiger charge is 2.19. The predicted molar refractivity (Wildman–Crippen MR) is 138 cm³/mol. The van der Waals surface area contributed by atoms with E-state index in [0.717, 1.165) is 37.7 Å². The zero-order chi connectivity index (χ0) is 24.6. The largest absolute Gasteiger partial charge is 0.497 e. The first-order valence-corrected chi connectivity index (χ1v) is 12.2. The summed E-state index contributed by atoms with van der Waals surface area (Å²) in [5, 5.41) is 3.43. The fourth-order valence-corrected chi connectivity index (χ4v) is 4.42. The van der Waals surface area contributed by atoms with Crippen molar-refractivity contribution < 1.29 is 19.0 Å². The van der Waals surface area contributed by atoms with Gasteiger partial charge in [-0.05, 0) is 42.5 Å². The average molecular weight is 496 g/mol. The first kappa shape index (κ1) is 24.5. The second-order valence-electron chi connectivity index (χ2n) is 7.77. The molecule has 0 spiro atoms. The van der Waals surface area contributed by atoms with E-state index in [4.69, 9.17) is 14.2 Å². The summed E-state index contributed by atoms with van der Waals surface area (Å²) in [7, 11) is 4.81. The van der Waals surface area contributed by atoms with Gasteiger partial charge in [-0.15, -0.1) is 0 Å². The molecule has 0 bridgehead atoms. The van der Waals surface area contributed by atoms with Crippen molar-refractivity contribution in [2.24, 2.45) is 0 Å². The van der Waals surface area contributed by atoms with Crippen molar-refractivity contribution in [2.75, 3.05) is 68.4 Å². The maximum absolute atomic E-state index is 12.5. The highest BCUT2D eigenvalue weighted by molar-refractivity contribution is 7.99. The summed E-state index contributed by atoms with van der Waals surface area (Å²) in [6.45, 7) is 3.49. The molecule has 0 atom stereocenters. The summed E-state index contributed by atoms with van der Waals surface area (Å²) >= 11 is 1.29. The van der Waals surface area contributed by atoms with Crippen LogP contribution in [-0.2, 0) is 4.79 Å². The van der Waals surface area contributed by atoms with Crippen LogP contribution in [0.3, 0.4) is 0 Å². The van der Waals surface area contributed by atoms with E-state index >= 15 is 0 Å². The molecule has 10 heteroatoms. The van der Waals surface area contributed by atoms with E-state index < -0.39 is 0 Å². The third-order valence-corrected chi connectivity index (χ3v) is 6.53. The molecule has 0 aliphatic carbocycles. The average Bonchev–Trinajstić information content (AvgIpc) is 2.92. The third kappa shape index (κ3) is 6.27. The Hall–Kier alpha value is -3.66. The molecule has 1 aliphatic rings.